The zero-order valence-electron chi connectivity index (χ0n) is 12.5. The SMILES string of the molecule is CCNc1ccc(S(=O)(=O)N2CCCC(CCO)C2)cc1. The van der Waals surface area contributed by atoms with E-state index in [-0.39, 0.29) is 12.5 Å². The third-order valence-electron chi connectivity index (χ3n) is 3.89. The van der Waals surface area contributed by atoms with Crippen molar-refractivity contribution < 1.29 is 13.5 Å². The maximum Gasteiger partial charge on any atom is 0.243 e. The smallest absolute Gasteiger partial charge is 0.243 e. The van der Waals surface area contributed by atoms with Gasteiger partial charge in [0.15, 0.2) is 0 Å². The lowest BCUT2D eigenvalue weighted by atomic mass is 9.97. The number of benzene rings is 1. The molecule has 118 valence electrons. The number of sulfonamides is 1. The van der Waals surface area contributed by atoms with Gasteiger partial charge in [-0.25, -0.2) is 8.42 Å². The molecule has 0 spiro atoms. The zero-order chi connectivity index (χ0) is 15.3. The first-order chi connectivity index (χ1) is 10.1. The average molecular weight is 312 g/mol. The van der Waals surface area contributed by atoms with Crippen molar-refractivity contribution in [2.45, 2.75) is 31.1 Å². The molecule has 1 atom stereocenters. The van der Waals surface area contributed by atoms with Crippen LogP contribution in [0.5, 0.6) is 0 Å². The number of aliphatic hydroxyl groups excluding tert-OH is 1. The van der Waals surface area contributed by atoms with Gasteiger partial charge in [-0.1, -0.05) is 0 Å². The van der Waals surface area contributed by atoms with E-state index < -0.39 is 10.0 Å². The van der Waals surface area contributed by atoms with Crippen molar-refractivity contribution in [3.63, 3.8) is 0 Å². The van der Waals surface area contributed by atoms with E-state index in [9.17, 15) is 8.42 Å². The van der Waals surface area contributed by atoms with Gasteiger partial charge >= 0.3 is 0 Å². The molecule has 1 saturated heterocycles. The molecular formula is C15H24N2O3S. The van der Waals surface area contributed by atoms with E-state index in [1.807, 2.05) is 6.92 Å². The summed E-state index contributed by atoms with van der Waals surface area (Å²) in [5, 5.41) is 12.2. The van der Waals surface area contributed by atoms with Crippen molar-refractivity contribution in [1.82, 2.24) is 4.31 Å². The molecule has 21 heavy (non-hydrogen) atoms. The van der Waals surface area contributed by atoms with Crippen LogP contribution in [0, 0.1) is 5.92 Å². The van der Waals surface area contributed by atoms with Crippen molar-refractivity contribution in [3.05, 3.63) is 24.3 Å². The van der Waals surface area contributed by atoms with Crippen LogP contribution in [0.25, 0.3) is 0 Å². The van der Waals surface area contributed by atoms with Crippen molar-refractivity contribution in [1.29, 1.82) is 0 Å². The first kappa shape index (κ1) is 16.3. The van der Waals surface area contributed by atoms with Crippen LogP contribution in [0.1, 0.15) is 26.2 Å². The van der Waals surface area contributed by atoms with Crippen molar-refractivity contribution in [2.24, 2.45) is 5.92 Å². The lowest BCUT2D eigenvalue weighted by Gasteiger charge is -2.31. The van der Waals surface area contributed by atoms with Gasteiger partial charge < -0.3 is 10.4 Å². The second-order valence-electron chi connectivity index (χ2n) is 5.44. The van der Waals surface area contributed by atoms with E-state index in [2.05, 4.69) is 5.32 Å². The highest BCUT2D eigenvalue weighted by Gasteiger charge is 2.29. The van der Waals surface area contributed by atoms with Crippen LogP contribution < -0.4 is 5.32 Å². The summed E-state index contributed by atoms with van der Waals surface area (Å²) in [7, 11) is -3.42. The van der Waals surface area contributed by atoms with E-state index in [0.717, 1.165) is 25.1 Å². The summed E-state index contributed by atoms with van der Waals surface area (Å²) in [4.78, 5) is 0.341. The molecule has 0 bridgehead atoms. The predicted octanol–water partition coefficient (Wildman–Crippen LogP) is 1.90. The Balaban J connectivity index is 2.13. The molecule has 6 heteroatoms. The molecule has 1 aliphatic rings. The molecule has 5 nitrogen and oxygen atoms in total. The summed E-state index contributed by atoms with van der Waals surface area (Å²) in [6.45, 7) is 4.01. The van der Waals surface area contributed by atoms with Crippen LogP contribution >= 0.6 is 0 Å². The largest absolute Gasteiger partial charge is 0.396 e. The van der Waals surface area contributed by atoms with Gasteiger partial charge in [-0.05, 0) is 56.4 Å². The minimum absolute atomic E-state index is 0.121. The highest BCUT2D eigenvalue weighted by Crippen LogP contribution is 2.25. The standard InChI is InChI=1S/C15H24N2O3S/c1-2-16-14-5-7-15(8-6-14)21(19,20)17-10-3-4-13(12-17)9-11-18/h5-8,13,16,18H,2-4,9-12H2,1H3. The topological polar surface area (TPSA) is 69.6 Å². The van der Waals surface area contributed by atoms with Crippen LogP contribution in [0.15, 0.2) is 29.2 Å². The van der Waals surface area contributed by atoms with Crippen molar-refractivity contribution >= 4 is 15.7 Å². The molecule has 0 aromatic heterocycles. The lowest BCUT2D eigenvalue weighted by Crippen LogP contribution is -2.40. The quantitative estimate of drug-likeness (QED) is 0.842. The summed E-state index contributed by atoms with van der Waals surface area (Å²) in [6.07, 6.45) is 2.52. The molecule has 0 radical (unpaired) electrons. The van der Waals surface area contributed by atoms with E-state index in [4.69, 9.17) is 5.11 Å². The van der Waals surface area contributed by atoms with E-state index >= 15 is 0 Å². The van der Waals surface area contributed by atoms with Crippen molar-refractivity contribution in [2.75, 3.05) is 31.6 Å². The zero-order valence-corrected chi connectivity index (χ0v) is 13.3. The maximum absolute atomic E-state index is 12.6. The number of aliphatic hydroxyl groups is 1. The Morgan fingerprint density at radius 2 is 2.05 bits per heavy atom. The molecule has 1 heterocycles. The first-order valence-electron chi connectivity index (χ1n) is 7.53. The van der Waals surface area contributed by atoms with Crippen LogP contribution in [-0.2, 0) is 10.0 Å². The molecule has 0 amide bonds. The Kier molecular flexibility index (Phi) is 5.61. The number of piperidine rings is 1. The van der Waals surface area contributed by atoms with E-state index in [1.165, 1.54) is 0 Å². The Morgan fingerprint density at radius 1 is 1.33 bits per heavy atom. The minimum atomic E-state index is -3.42. The number of anilines is 1. The summed E-state index contributed by atoms with van der Waals surface area (Å²) < 4.78 is 26.9. The highest BCUT2D eigenvalue weighted by atomic mass is 32.2. The number of hydrogen-bond acceptors (Lipinski definition) is 4. The molecule has 2 N–H and O–H groups in total. The fourth-order valence-corrected chi connectivity index (χ4v) is 4.32. The summed E-state index contributed by atoms with van der Waals surface area (Å²) in [5.74, 6) is 0.263. The number of nitrogens with zero attached hydrogens (tertiary/aromatic N) is 1. The van der Waals surface area contributed by atoms with Gasteiger partial charge in [0.25, 0.3) is 0 Å². The number of hydrogen-bond donors (Lipinski definition) is 2. The predicted molar refractivity (Wildman–Crippen MR) is 83.8 cm³/mol. The number of nitrogens with one attached hydrogen (secondary N) is 1. The van der Waals surface area contributed by atoms with Gasteiger partial charge in [-0.3, -0.25) is 0 Å². The monoisotopic (exact) mass is 312 g/mol. The maximum atomic E-state index is 12.6. The van der Waals surface area contributed by atoms with Crippen LogP contribution in [0.2, 0.25) is 0 Å². The molecule has 2 rings (SSSR count). The van der Waals surface area contributed by atoms with Crippen molar-refractivity contribution in [3.8, 4) is 0 Å². The Hall–Kier alpha value is -1.11. The Morgan fingerprint density at radius 3 is 2.67 bits per heavy atom. The second-order valence-corrected chi connectivity index (χ2v) is 7.38. The molecule has 1 aromatic carbocycles. The molecule has 1 unspecified atom stereocenters. The van der Waals surface area contributed by atoms with Gasteiger partial charge in [0.2, 0.25) is 10.0 Å². The third kappa shape index (κ3) is 3.96. The second kappa shape index (κ2) is 7.24. The summed E-state index contributed by atoms with van der Waals surface area (Å²) in [6, 6.07) is 6.91. The number of rotatable bonds is 6. The fourth-order valence-electron chi connectivity index (χ4n) is 2.76. The molecule has 0 aliphatic carbocycles. The molecule has 1 fully saturated rings. The van der Waals surface area contributed by atoms with Gasteiger partial charge in [-0.2, -0.15) is 4.31 Å². The minimum Gasteiger partial charge on any atom is -0.396 e. The Bertz CT molecular complexity index is 541. The fraction of sp³-hybridized carbons (Fsp3) is 0.600. The van der Waals surface area contributed by atoms with E-state index in [1.54, 1.807) is 28.6 Å². The average Bonchev–Trinajstić information content (AvgIpc) is 2.49. The third-order valence-corrected chi connectivity index (χ3v) is 5.77. The van der Waals surface area contributed by atoms with Gasteiger partial charge in [-0.15, -0.1) is 0 Å². The molecule has 1 aromatic rings. The molecule has 0 saturated carbocycles. The lowest BCUT2D eigenvalue weighted by molar-refractivity contribution is 0.203. The van der Waals surface area contributed by atoms with Gasteiger partial charge in [0, 0.05) is 31.9 Å². The summed E-state index contributed by atoms with van der Waals surface area (Å²) in [5.41, 5.74) is 0.924. The van der Waals surface area contributed by atoms with E-state index in [0.29, 0.717) is 24.4 Å². The van der Waals surface area contributed by atoms with Crippen LogP contribution in [0.4, 0.5) is 5.69 Å². The Labute approximate surface area is 127 Å². The normalized spacial score (nSPS) is 20.4. The highest BCUT2D eigenvalue weighted by molar-refractivity contribution is 7.89. The van der Waals surface area contributed by atoms with Gasteiger partial charge in [0.05, 0.1) is 4.90 Å². The first-order valence-corrected chi connectivity index (χ1v) is 8.97. The summed E-state index contributed by atoms with van der Waals surface area (Å²) >= 11 is 0. The van der Waals surface area contributed by atoms with Crippen LogP contribution in [0.3, 0.4) is 0 Å². The van der Waals surface area contributed by atoms with Crippen LogP contribution in [-0.4, -0.2) is 44.1 Å². The van der Waals surface area contributed by atoms with Gasteiger partial charge in [0.1, 0.15) is 0 Å². The molecule has 1 aliphatic heterocycles. The molecular weight excluding hydrogens is 288 g/mol.